The van der Waals surface area contributed by atoms with Crippen LogP contribution in [0, 0.1) is 0 Å². The van der Waals surface area contributed by atoms with Gasteiger partial charge in [-0.05, 0) is 25.7 Å². The average Bonchev–Trinajstić information content (AvgIpc) is 2.67. The summed E-state index contributed by atoms with van der Waals surface area (Å²) in [6.45, 7) is 12.5. The number of aliphatic carboxylic acids is 1. The molecule has 0 fully saturated rings. The van der Waals surface area contributed by atoms with Gasteiger partial charge in [0.1, 0.15) is 0 Å². The molecule has 0 N–H and O–H groups in total. The van der Waals surface area contributed by atoms with Gasteiger partial charge in [0.25, 0.3) is 0 Å². The molecule has 0 heterocycles. The van der Waals surface area contributed by atoms with Gasteiger partial charge in [-0.3, -0.25) is 0 Å². The van der Waals surface area contributed by atoms with E-state index in [2.05, 4.69) is 27.7 Å². The van der Waals surface area contributed by atoms with Crippen LogP contribution in [-0.4, -0.2) is 84.0 Å². The maximum Gasteiger partial charge on any atom is 0.0701 e. The Morgan fingerprint density at radius 3 is 1.31 bits per heavy atom. The molecule has 6 nitrogen and oxygen atoms in total. The zero-order valence-corrected chi connectivity index (χ0v) is 20.6. The van der Waals surface area contributed by atoms with E-state index in [1.165, 1.54) is 25.7 Å². The topological polar surface area (TPSA) is 77.0 Å². The SMILES string of the molecule is CCC[P+](CCC)(CCC)CCC.COCCOCCOCCOCCC(=O)[O-]. The summed E-state index contributed by atoms with van der Waals surface area (Å²) < 4.78 is 20.1. The molecule has 0 aliphatic rings. The van der Waals surface area contributed by atoms with Crippen LogP contribution in [0.4, 0.5) is 0 Å². The third-order valence-corrected chi connectivity index (χ3v) is 10.0. The van der Waals surface area contributed by atoms with Crippen LogP contribution in [-0.2, 0) is 23.7 Å². The van der Waals surface area contributed by atoms with Crippen LogP contribution in [0.3, 0.4) is 0 Å². The van der Waals surface area contributed by atoms with Gasteiger partial charge in [-0.15, -0.1) is 0 Å². The van der Waals surface area contributed by atoms with E-state index in [0.717, 1.165) is 0 Å². The number of carbonyl (C=O) groups excluding carboxylic acids is 1. The van der Waals surface area contributed by atoms with Gasteiger partial charge >= 0.3 is 0 Å². The molecule has 29 heavy (non-hydrogen) atoms. The van der Waals surface area contributed by atoms with Gasteiger partial charge in [0, 0.05) is 26.8 Å². The van der Waals surface area contributed by atoms with E-state index >= 15 is 0 Å². The van der Waals surface area contributed by atoms with Crippen molar-refractivity contribution >= 4 is 13.2 Å². The first-order valence-electron chi connectivity index (χ1n) is 11.3. The second kappa shape index (κ2) is 24.0. The fourth-order valence-corrected chi connectivity index (χ4v) is 8.54. The van der Waals surface area contributed by atoms with Crippen molar-refractivity contribution in [2.75, 3.05) is 78.0 Å². The Labute approximate surface area is 180 Å². The third kappa shape index (κ3) is 22.3. The van der Waals surface area contributed by atoms with Gasteiger partial charge in [0.05, 0.1) is 70.9 Å². The average molecular weight is 439 g/mol. The number of carboxylic acid groups (broad SMARTS) is 1. The number of hydrogen-bond donors (Lipinski definition) is 0. The fraction of sp³-hybridized carbons (Fsp3) is 0.955. The highest BCUT2D eigenvalue weighted by Crippen LogP contribution is 2.60. The van der Waals surface area contributed by atoms with Crippen LogP contribution in [0.5, 0.6) is 0 Å². The Bertz CT molecular complexity index is 312. The van der Waals surface area contributed by atoms with E-state index in [-0.39, 0.29) is 13.0 Å². The number of rotatable bonds is 20. The van der Waals surface area contributed by atoms with Gasteiger partial charge in [0.2, 0.25) is 0 Å². The van der Waals surface area contributed by atoms with Gasteiger partial charge in [-0.25, -0.2) is 0 Å². The maximum absolute atomic E-state index is 10.0. The van der Waals surface area contributed by atoms with Gasteiger partial charge in [-0.1, -0.05) is 27.7 Å². The predicted molar refractivity (Wildman–Crippen MR) is 122 cm³/mol. The summed E-state index contributed by atoms with van der Waals surface area (Å²) in [6.07, 6.45) is 11.8. The lowest BCUT2D eigenvalue weighted by atomic mass is 10.5. The molecule has 176 valence electrons. The summed E-state index contributed by atoms with van der Waals surface area (Å²) in [5.74, 6) is -1.10. The molecule has 0 aromatic rings. The van der Waals surface area contributed by atoms with Crippen LogP contribution in [0.25, 0.3) is 0 Å². The Morgan fingerprint density at radius 2 is 1.00 bits per heavy atom. The lowest BCUT2D eigenvalue weighted by Crippen LogP contribution is -2.24. The van der Waals surface area contributed by atoms with Gasteiger partial charge in [-0.2, -0.15) is 0 Å². The third-order valence-electron chi connectivity index (χ3n) is 4.42. The number of ether oxygens (including phenoxy) is 4. The van der Waals surface area contributed by atoms with Crippen molar-refractivity contribution in [1.29, 1.82) is 0 Å². The summed E-state index contributed by atoms with van der Waals surface area (Å²) >= 11 is 0. The molecule has 7 heteroatoms. The van der Waals surface area contributed by atoms with E-state index in [9.17, 15) is 9.90 Å². The van der Waals surface area contributed by atoms with Crippen LogP contribution < -0.4 is 5.11 Å². The summed E-state index contributed by atoms with van der Waals surface area (Å²) in [4.78, 5) is 10.0. The first-order chi connectivity index (χ1) is 14.0. The minimum absolute atomic E-state index is 0.0832. The Balaban J connectivity index is 0. The van der Waals surface area contributed by atoms with E-state index in [1.807, 2.05) is 0 Å². The van der Waals surface area contributed by atoms with Crippen molar-refractivity contribution in [3.8, 4) is 0 Å². The molecule has 0 unspecified atom stereocenters. The first-order valence-corrected chi connectivity index (χ1v) is 13.8. The van der Waals surface area contributed by atoms with Gasteiger partial charge in [0.15, 0.2) is 0 Å². The van der Waals surface area contributed by atoms with Gasteiger partial charge < -0.3 is 28.8 Å². The summed E-state index contributed by atoms with van der Waals surface area (Å²) in [6, 6.07) is 0. The monoisotopic (exact) mass is 438 g/mol. The van der Waals surface area contributed by atoms with Crippen LogP contribution in [0.1, 0.15) is 59.8 Å². The summed E-state index contributed by atoms with van der Waals surface area (Å²) in [5.41, 5.74) is 0. The highest BCUT2D eigenvalue weighted by molar-refractivity contribution is 7.75. The quantitative estimate of drug-likeness (QED) is 0.214. The van der Waals surface area contributed by atoms with Crippen molar-refractivity contribution in [3.63, 3.8) is 0 Å². The molecule has 0 aliphatic heterocycles. The van der Waals surface area contributed by atoms with E-state index in [1.54, 1.807) is 31.8 Å². The molecule has 0 aliphatic carbocycles. The maximum atomic E-state index is 10.0. The minimum atomic E-state index is -1.10. The molecule has 0 amide bonds. The molecule has 0 aromatic heterocycles. The van der Waals surface area contributed by atoms with Crippen LogP contribution >= 0.6 is 7.26 Å². The first kappa shape index (κ1) is 30.9. The molecule has 0 atom stereocenters. The fourth-order valence-electron chi connectivity index (χ4n) is 3.41. The standard InChI is InChI=1S/C12H28P.C10H20O6/c1-5-9-13(10-6-2,11-7-3)12-8-4;1-13-4-5-15-8-9-16-7-6-14-3-2-10(11)12/h5-12H2,1-4H3;2-9H2,1H3,(H,11,12)/q+1;/p-1. The number of carbonyl (C=O) groups is 1. The smallest absolute Gasteiger partial charge is 0.0701 e. The molecule has 0 spiro atoms. The lowest BCUT2D eigenvalue weighted by molar-refractivity contribution is -0.306. The van der Waals surface area contributed by atoms with Crippen molar-refractivity contribution in [3.05, 3.63) is 0 Å². The normalized spacial score (nSPS) is 11.2. The second-order valence-electron chi connectivity index (χ2n) is 7.19. The molecule has 0 aromatic carbocycles. The molecule has 0 rings (SSSR count). The Morgan fingerprint density at radius 1 is 0.655 bits per heavy atom. The molecule has 0 radical (unpaired) electrons. The van der Waals surface area contributed by atoms with Crippen molar-refractivity contribution < 1.29 is 28.8 Å². The van der Waals surface area contributed by atoms with Crippen molar-refractivity contribution in [2.24, 2.45) is 0 Å². The molecule has 0 bridgehead atoms. The largest absolute Gasteiger partial charge is 0.550 e. The Kier molecular flexibility index (Phi) is 25.6. The molecular weight excluding hydrogens is 391 g/mol. The van der Waals surface area contributed by atoms with E-state index < -0.39 is 13.2 Å². The summed E-state index contributed by atoms with van der Waals surface area (Å²) in [7, 11) is 1.12. The molecule has 0 saturated heterocycles. The zero-order valence-electron chi connectivity index (χ0n) is 19.7. The Hall–Kier alpha value is -0.260. The zero-order chi connectivity index (χ0) is 22.2. The summed E-state index contributed by atoms with van der Waals surface area (Å²) in [5, 5.41) is 10.0. The van der Waals surface area contributed by atoms with Crippen molar-refractivity contribution in [1.82, 2.24) is 0 Å². The minimum Gasteiger partial charge on any atom is -0.550 e. The molecule has 0 saturated carbocycles. The highest BCUT2D eigenvalue weighted by Gasteiger charge is 2.32. The number of carboxylic acids is 1. The van der Waals surface area contributed by atoms with Crippen LogP contribution in [0.2, 0.25) is 0 Å². The molecular formula is C22H47O6P. The van der Waals surface area contributed by atoms with E-state index in [4.69, 9.17) is 18.9 Å². The van der Waals surface area contributed by atoms with E-state index in [0.29, 0.717) is 39.6 Å². The van der Waals surface area contributed by atoms with Crippen LogP contribution in [0.15, 0.2) is 0 Å². The van der Waals surface area contributed by atoms with Crippen molar-refractivity contribution in [2.45, 2.75) is 59.8 Å². The second-order valence-corrected chi connectivity index (χ2v) is 11.7. The lowest BCUT2D eigenvalue weighted by Gasteiger charge is -2.26. The number of hydrogen-bond acceptors (Lipinski definition) is 6. The predicted octanol–water partition coefficient (Wildman–Crippen LogP) is 3.47. The highest BCUT2D eigenvalue weighted by atomic mass is 31.2. The number of methoxy groups -OCH3 is 1.